The fourth-order valence-corrected chi connectivity index (χ4v) is 4.07. The Labute approximate surface area is 144 Å². The number of pyridine rings is 1. The molecule has 6 nitrogen and oxygen atoms in total. The van der Waals surface area contributed by atoms with Gasteiger partial charge in [0, 0.05) is 35.8 Å². The summed E-state index contributed by atoms with van der Waals surface area (Å²) in [5.74, 6) is -1.05. The van der Waals surface area contributed by atoms with Crippen LogP contribution >= 0.6 is 11.3 Å². The Kier molecular flexibility index (Phi) is 5.33. The van der Waals surface area contributed by atoms with Gasteiger partial charge in [0.05, 0.1) is 18.6 Å². The molecule has 0 atom stereocenters. The summed E-state index contributed by atoms with van der Waals surface area (Å²) in [6.07, 6.45) is 1.59. The van der Waals surface area contributed by atoms with Crippen molar-refractivity contribution in [3.63, 3.8) is 0 Å². The summed E-state index contributed by atoms with van der Waals surface area (Å²) < 4.78 is 7.50. The summed E-state index contributed by atoms with van der Waals surface area (Å²) in [5, 5.41) is 10.1. The van der Waals surface area contributed by atoms with E-state index in [1.165, 1.54) is 15.9 Å². The van der Waals surface area contributed by atoms with Gasteiger partial charge in [-0.1, -0.05) is 6.92 Å². The molecular formula is C17H22N2O4S. The monoisotopic (exact) mass is 350 g/mol. The van der Waals surface area contributed by atoms with E-state index < -0.39 is 5.97 Å². The van der Waals surface area contributed by atoms with Gasteiger partial charge < -0.3 is 14.4 Å². The van der Waals surface area contributed by atoms with Crippen molar-refractivity contribution in [3.8, 4) is 0 Å². The molecule has 1 aliphatic heterocycles. The van der Waals surface area contributed by atoms with Crippen LogP contribution in [0.5, 0.6) is 0 Å². The first-order chi connectivity index (χ1) is 11.6. The van der Waals surface area contributed by atoms with Crippen molar-refractivity contribution in [2.24, 2.45) is 0 Å². The second-order valence-electron chi connectivity index (χ2n) is 5.94. The van der Waals surface area contributed by atoms with Gasteiger partial charge in [-0.2, -0.15) is 0 Å². The summed E-state index contributed by atoms with van der Waals surface area (Å²) in [6.45, 7) is 6.56. The molecule has 0 spiro atoms. The number of carbonyl (C=O) groups is 1. The van der Waals surface area contributed by atoms with E-state index in [9.17, 15) is 14.7 Å². The maximum Gasteiger partial charge on any atom is 0.352 e. The quantitative estimate of drug-likeness (QED) is 0.863. The number of aromatic carboxylic acids is 1. The van der Waals surface area contributed by atoms with Gasteiger partial charge in [0.1, 0.15) is 5.69 Å². The first-order valence-corrected chi connectivity index (χ1v) is 9.11. The minimum Gasteiger partial charge on any atom is -0.477 e. The number of aryl methyl sites for hydroxylation is 1. The molecule has 1 N–H and O–H groups in total. The Morgan fingerprint density at radius 1 is 1.29 bits per heavy atom. The van der Waals surface area contributed by atoms with E-state index in [0.717, 1.165) is 55.3 Å². The predicted molar refractivity (Wildman–Crippen MR) is 94.3 cm³/mol. The number of hydrogen-bond donors (Lipinski definition) is 1. The highest BCUT2D eigenvalue weighted by Gasteiger charge is 2.17. The van der Waals surface area contributed by atoms with Crippen molar-refractivity contribution in [2.75, 3.05) is 32.8 Å². The maximum atomic E-state index is 12.7. The van der Waals surface area contributed by atoms with E-state index in [2.05, 4.69) is 4.90 Å². The summed E-state index contributed by atoms with van der Waals surface area (Å²) >= 11 is 1.50. The lowest BCUT2D eigenvalue weighted by Crippen LogP contribution is -2.37. The molecule has 7 heteroatoms. The Hall–Kier alpha value is -1.70. The summed E-state index contributed by atoms with van der Waals surface area (Å²) in [4.78, 5) is 27.7. The molecule has 0 amide bonds. The minimum absolute atomic E-state index is 0.0824. The van der Waals surface area contributed by atoms with E-state index >= 15 is 0 Å². The normalized spacial score (nSPS) is 15.9. The second kappa shape index (κ2) is 7.46. The lowest BCUT2D eigenvalue weighted by Gasteiger charge is -2.26. The molecule has 0 aromatic carbocycles. The third kappa shape index (κ3) is 3.53. The number of rotatable bonds is 6. The highest BCUT2D eigenvalue weighted by Crippen LogP contribution is 2.24. The molecule has 2 aromatic heterocycles. The fourth-order valence-electron chi connectivity index (χ4n) is 3.04. The van der Waals surface area contributed by atoms with Crippen LogP contribution in [0.2, 0.25) is 0 Å². The van der Waals surface area contributed by atoms with Gasteiger partial charge in [-0.3, -0.25) is 9.69 Å². The number of thiophene rings is 1. The van der Waals surface area contributed by atoms with Crippen LogP contribution in [0.15, 0.2) is 16.9 Å². The Balaban J connectivity index is 1.84. The molecule has 2 aromatic rings. The van der Waals surface area contributed by atoms with Crippen molar-refractivity contribution < 1.29 is 14.6 Å². The molecule has 3 rings (SSSR count). The molecule has 1 saturated heterocycles. The van der Waals surface area contributed by atoms with Gasteiger partial charge in [0.15, 0.2) is 0 Å². The molecule has 130 valence electrons. The first kappa shape index (κ1) is 17.1. The van der Waals surface area contributed by atoms with Crippen molar-refractivity contribution in [1.82, 2.24) is 9.47 Å². The van der Waals surface area contributed by atoms with E-state index in [1.807, 2.05) is 13.0 Å². The van der Waals surface area contributed by atoms with E-state index in [1.54, 1.807) is 6.07 Å². The number of morpholine rings is 1. The highest BCUT2D eigenvalue weighted by molar-refractivity contribution is 7.19. The van der Waals surface area contributed by atoms with Gasteiger partial charge in [-0.25, -0.2) is 4.79 Å². The van der Waals surface area contributed by atoms with Crippen molar-refractivity contribution in [3.05, 3.63) is 33.1 Å². The van der Waals surface area contributed by atoms with Crippen LogP contribution in [0.25, 0.3) is 10.1 Å². The Morgan fingerprint density at radius 2 is 2.04 bits per heavy atom. The standard InChI is InChI=1S/C17H22N2O4S/c1-2-12-10-13-15(24-12)11-14(17(21)22)19(16(13)20)5-3-4-18-6-8-23-9-7-18/h10-11H,2-9H2,1H3,(H,21,22). The topological polar surface area (TPSA) is 71.8 Å². The predicted octanol–water partition coefficient (Wildman–Crippen LogP) is 2.05. The van der Waals surface area contributed by atoms with Crippen LogP contribution in [0, 0.1) is 0 Å². The van der Waals surface area contributed by atoms with Crippen LogP contribution < -0.4 is 5.56 Å². The van der Waals surface area contributed by atoms with E-state index in [-0.39, 0.29) is 11.3 Å². The van der Waals surface area contributed by atoms with Gasteiger partial charge >= 0.3 is 5.97 Å². The Morgan fingerprint density at radius 3 is 2.71 bits per heavy atom. The number of carboxylic acid groups (broad SMARTS) is 1. The third-order valence-corrected chi connectivity index (χ3v) is 5.60. The number of carboxylic acids is 1. The minimum atomic E-state index is -1.05. The summed E-state index contributed by atoms with van der Waals surface area (Å²) in [6, 6.07) is 3.53. The molecule has 1 fully saturated rings. The van der Waals surface area contributed by atoms with Crippen LogP contribution in [-0.2, 0) is 17.7 Å². The third-order valence-electron chi connectivity index (χ3n) is 4.37. The van der Waals surface area contributed by atoms with Crippen molar-refractivity contribution in [2.45, 2.75) is 26.3 Å². The van der Waals surface area contributed by atoms with Crippen LogP contribution in [0.3, 0.4) is 0 Å². The van der Waals surface area contributed by atoms with Crippen LogP contribution in [0.1, 0.15) is 28.7 Å². The van der Waals surface area contributed by atoms with Gasteiger partial charge in [-0.15, -0.1) is 11.3 Å². The molecule has 0 unspecified atom stereocenters. The van der Waals surface area contributed by atoms with Crippen molar-refractivity contribution in [1.29, 1.82) is 0 Å². The number of nitrogens with zero attached hydrogens (tertiary/aromatic N) is 2. The van der Waals surface area contributed by atoms with E-state index in [4.69, 9.17) is 4.74 Å². The highest BCUT2D eigenvalue weighted by atomic mass is 32.1. The zero-order valence-electron chi connectivity index (χ0n) is 13.8. The summed E-state index contributed by atoms with van der Waals surface area (Å²) in [7, 11) is 0. The molecule has 24 heavy (non-hydrogen) atoms. The van der Waals surface area contributed by atoms with Crippen molar-refractivity contribution >= 4 is 27.4 Å². The zero-order valence-corrected chi connectivity index (χ0v) is 14.6. The molecule has 0 bridgehead atoms. The van der Waals surface area contributed by atoms with Crippen LogP contribution in [-0.4, -0.2) is 53.4 Å². The first-order valence-electron chi connectivity index (χ1n) is 8.29. The maximum absolute atomic E-state index is 12.7. The molecule has 0 radical (unpaired) electrons. The number of hydrogen-bond acceptors (Lipinski definition) is 5. The van der Waals surface area contributed by atoms with Gasteiger partial charge in [0.2, 0.25) is 0 Å². The molecule has 3 heterocycles. The number of aromatic nitrogens is 1. The zero-order chi connectivity index (χ0) is 17.1. The average molecular weight is 350 g/mol. The Bertz CT molecular complexity index is 790. The van der Waals surface area contributed by atoms with Gasteiger partial charge in [-0.05, 0) is 25.0 Å². The SMILES string of the molecule is CCc1cc2c(=O)n(CCCN3CCOCC3)c(C(=O)O)cc2s1. The molecule has 0 aliphatic carbocycles. The van der Waals surface area contributed by atoms with Gasteiger partial charge in [0.25, 0.3) is 5.56 Å². The van der Waals surface area contributed by atoms with E-state index in [0.29, 0.717) is 11.9 Å². The number of fused-ring (bicyclic) bond motifs is 1. The number of ether oxygens (including phenoxy) is 1. The largest absolute Gasteiger partial charge is 0.477 e. The summed E-state index contributed by atoms with van der Waals surface area (Å²) in [5.41, 5.74) is -0.109. The average Bonchev–Trinajstić information content (AvgIpc) is 3.01. The smallest absolute Gasteiger partial charge is 0.352 e. The molecule has 1 aliphatic rings. The lowest BCUT2D eigenvalue weighted by molar-refractivity contribution is 0.0368. The second-order valence-corrected chi connectivity index (χ2v) is 7.11. The lowest BCUT2D eigenvalue weighted by atomic mass is 10.2. The molecular weight excluding hydrogens is 328 g/mol. The fraction of sp³-hybridized carbons (Fsp3) is 0.529. The molecule has 0 saturated carbocycles. The van der Waals surface area contributed by atoms with Crippen LogP contribution in [0.4, 0.5) is 0 Å².